The SMILES string of the molecule is CCC[C@@H]1NCCOc2cccc(F)c2CCCNC(=O)[C@@H](Cc2ccc(F)cc2)NC(=O)[C@@H](C)C/C(C)=C/C1=O. The molecule has 0 bridgehead atoms. The van der Waals surface area contributed by atoms with Gasteiger partial charge in [-0.1, -0.05) is 44.0 Å². The number of ether oxygens (including phenoxy) is 1. The minimum atomic E-state index is -0.891. The Morgan fingerprint density at radius 1 is 0.976 bits per heavy atom. The predicted molar refractivity (Wildman–Crippen MR) is 155 cm³/mol. The molecule has 222 valence electrons. The zero-order valence-corrected chi connectivity index (χ0v) is 24.1. The molecule has 0 fully saturated rings. The van der Waals surface area contributed by atoms with Crippen LogP contribution in [0.3, 0.4) is 0 Å². The summed E-state index contributed by atoms with van der Waals surface area (Å²) in [4.78, 5) is 39.3. The van der Waals surface area contributed by atoms with Gasteiger partial charge < -0.3 is 20.7 Å². The molecule has 1 heterocycles. The Morgan fingerprint density at radius 3 is 2.46 bits per heavy atom. The Balaban J connectivity index is 1.84. The van der Waals surface area contributed by atoms with E-state index in [1.165, 1.54) is 18.2 Å². The van der Waals surface area contributed by atoms with Crippen LogP contribution in [-0.4, -0.2) is 49.4 Å². The molecule has 0 unspecified atom stereocenters. The molecule has 2 aromatic carbocycles. The molecule has 2 amide bonds. The monoisotopic (exact) mass is 569 g/mol. The van der Waals surface area contributed by atoms with Crippen molar-refractivity contribution in [2.75, 3.05) is 19.7 Å². The van der Waals surface area contributed by atoms with E-state index in [9.17, 15) is 23.2 Å². The van der Waals surface area contributed by atoms with Crippen LogP contribution in [0.15, 0.2) is 54.1 Å². The van der Waals surface area contributed by atoms with Crippen molar-refractivity contribution in [2.24, 2.45) is 5.92 Å². The normalized spacial score (nSPS) is 23.3. The zero-order valence-electron chi connectivity index (χ0n) is 24.1. The molecule has 3 N–H and O–H groups in total. The molecule has 9 heteroatoms. The highest BCUT2D eigenvalue weighted by Crippen LogP contribution is 2.23. The fraction of sp³-hybridized carbons (Fsp3) is 0.469. The number of benzene rings is 2. The first-order chi connectivity index (χ1) is 19.7. The number of carbonyl (C=O) groups is 3. The van der Waals surface area contributed by atoms with Crippen LogP contribution in [0.2, 0.25) is 0 Å². The second-order valence-corrected chi connectivity index (χ2v) is 10.6. The zero-order chi connectivity index (χ0) is 29.8. The van der Waals surface area contributed by atoms with Gasteiger partial charge in [0.1, 0.15) is 30.0 Å². The van der Waals surface area contributed by atoms with Crippen molar-refractivity contribution >= 4 is 17.6 Å². The number of carbonyl (C=O) groups excluding carboxylic acids is 3. The van der Waals surface area contributed by atoms with Crippen molar-refractivity contribution in [1.29, 1.82) is 0 Å². The lowest BCUT2D eigenvalue weighted by Gasteiger charge is -2.22. The molecule has 0 saturated heterocycles. The van der Waals surface area contributed by atoms with Gasteiger partial charge >= 0.3 is 0 Å². The van der Waals surface area contributed by atoms with Crippen LogP contribution in [0.4, 0.5) is 8.78 Å². The van der Waals surface area contributed by atoms with Gasteiger partial charge in [0.05, 0.1) is 6.04 Å². The fourth-order valence-corrected chi connectivity index (χ4v) is 4.90. The third kappa shape index (κ3) is 10.1. The number of allylic oxidation sites excluding steroid dienone is 1. The van der Waals surface area contributed by atoms with Crippen LogP contribution in [0.25, 0.3) is 0 Å². The van der Waals surface area contributed by atoms with Gasteiger partial charge in [0.25, 0.3) is 0 Å². The molecule has 1 aliphatic rings. The summed E-state index contributed by atoms with van der Waals surface area (Å²) in [7, 11) is 0. The Labute approximate surface area is 241 Å². The molecule has 0 radical (unpaired) electrons. The highest BCUT2D eigenvalue weighted by Gasteiger charge is 2.25. The van der Waals surface area contributed by atoms with E-state index in [2.05, 4.69) is 16.0 Å². The topological polar surface area (TPSA) is 96.5 Å². The van der Waals surface area contributed by atoms with Crippen LogP contribution in [0.5, 0.6) is 5.75 Å². The largest absolute Gasteiger partial charge is 0.492 e. The molecule has 7 nitrogen and oxygen atoms in total. The van der Waals surface area contributed by atoms with Crippen LogP contribution in [-0.2, 0) is 27.2 Å². The summed E-state index contributed by atoms with van der Waals surface area (Å²) in [6, 6.07) is 9.15. The number of hydrogen-bond donors (Lipinski definition) is 3. The summed E-state index contributed by atoms with van der Waals surface area (Å²) in [6.45, 7) is 6.50. The number of nitrogens with one attached hydrogen (secondary N) is 3. The van der Waals surface area contributed by atoms with Crippen molar-refractivity contribution in [3.8, 4) is 5.75 Å². The summed E-state index contributed by atoms with van der Waals surface area (Å²) in [6.07, 6.45) is 4.34. The smallest absolute Gasteiger partial charge is 0.242 e. The van der Waals surface area contributed by atoms with Gasteiger partial charge in [-0.25, -0.2) is 8.78 Å². The Hall–Kier alpha value is -3.59. The molecule has 0 aromatic heterocycles. The van der Waals surface area contributed by atoms with E-state index < -0.39 is 23.8 Å². The van der Waals surface area contributed by atoms with E-state index in [0.29, 0.717) is 49.1 Å². The lowest BCUT2D eigenvalue weighted by molar-refractivity contribution is -0.130. The maximum Gasteiger partial charge on any atom is 0.242 e. The lowest BCUT2D eigenvalue weighted by Crippen LogP contribution is -2.49. The third-order valence-corrected chi connectivity index (χ3v) is 7.10. The Kier molecular flexibility index (Phi) is 12.5. The summed E-state index contributed by atoms with van der Waals surface area (Å²) in [5, 5.41) is 8.94. The molecular weight excluding hydrogens is 528 g/mol. The molecule has 41 heavy (non-hydrogen) atoms. The van der Waals surface area contributed by atoms with Crippen molar-refractivity contribution in [2.45, 2.75) is 71.4 Å². The minimum Gasteiger partial charge on any atom is -0.492 e. The predicted octanol–water partition coefficient (Wildman–Crippen LogP) is 4.43. The minimum absolute atomic E-state index is 0.0774. The molecule has 0 spiro atoms. The Morgan fingerprint density at radius 2 is 1.73 bits per heavy atom. The van der Waals surface area contributed by atoms with Gasteiger partial charge in [-0.05, 0) is 68.5 Å². The van der Waals surface area contributed by atoms with Gasteiger partial charge in [0.2, 0.25) is 11.8 Å². The van der Waals surface area contributed by atoms with Crippen LogP contribution in [0.1, 0.15) is 57.6 Å². The van der Waals surface area contributed by atoms with Crippen molar-refractivity contribution in [3.05, 3.63) is 76.9 Å². The number of fused-ring (bicyclic) bond motifs is 1. The van der Waals surface area contributed by atoms with Crippen LogP contribution < -0.4 is 20.7 Å². The van der Waals surface area contributed by atoms with Gasteiger partial charge in [-0.15, -0.1) is 0 Å². The van der Waals surface area contributed by atoms with E-state index in [1.807, 2.05) is 13.8 Å². The first-order valence-electron chi connectivity index (χ1n) is 14.3. The quantitative estimate of drug-likeness (QED) is 0.506. The molecule has 0 saturated carbocycles. The maximum absolute atomic E-state index is 14.7. The summed E-state index contributed by atoms with van der Waals surface area (Å²) < 4.78 is 34.0. The molecule has 3 atom stereocenters. The highest BCUT2D eigenvalue weighted by molar-refractivity contribution is 5.95. The maximum atomic E-state index is 14.7. The van der Waals surface area contributed by atoms with E-state index in [0.717, 1.165) is 12.0 Å². The second kappa shape index (κ2) is 16.0. The molecule has 2 aromatic rings. The number of amides is 2. The van der Waals surface area contributed by atoms with Gasteiger partial charge in [0, 0.05) is 31.0 Å². The standard InChI is InChI=1S/C32H41F2N3O4/c1-4-7-27-29(38)19-21(2)18-22(3)31(39)37-28(20-23-11-13-24(33)14-12-23)32(40)36-15-6-8-25-26(34)9-5-10-30(25)41-17-16-35-27/h5,9-14,19,22,27-28,35H,4,6-8,15-18,20H2,1-3H3,(H,36,40)(H,37,39)/b21-19+/t22-,27-,28+/m0/s1. The van der Waals surface area contributed by atoms with Gasteiger partial charge in [0.15, 0.2) is 5.78 Å². The fourth-order valence-electron chi connectivity index (χ4n) is 4.90. The van der Waals surface area contributed by atoms with E-state index in [1.54, 1.807) is 37.3 Å². The highest BCUT2D eigenvalue weighted by atomic mass is 19.1. The van der Waals surface area contributed by atoms with Gasteiger partial charge in [-0.2, -0.15) is 0 Å². The Bertz CT molecular complexity index is 1220. The van der Waals surface area contributed by atoms with Crippen molar-refractivity contribution < 1.29 is 27.9 Å². The average molecular weight is 570 g/mol. The van der Waals surface area contributed by atoms with Gasteiger partial charge in [-0.3, -0.25) is 14.4 Å². The molecule has 0 aliphatic carbocycles. The number of rotatable bonds is 4. The number of ketones is 1. The van der Waals surface area contributed by atoms with Crippen molar-refractivity contribution in [1.82, 2.24) is 16.0 Å². The van der Waals surface area contributed by atoms with E-state index in [-0.39, 0.29) is 43.0 Å². The van der Waals surface area contributed by atoms with Crippen molar-refractivity contribution in [3.63, 3.8) is 0 Å². The molecule has 1 aliphatic heterocycles. The summed E-state index contributed by atoms with van der Waals surface area (Å²) in [5.41, 5.74) is 1.87. The lowest BCUT2D eigenvalue weighted by atomic mass is 9.97. The van der Waals surface area contributed by atoms with Crippen LogP contribution >= 0.6 is 0 Å². The second-order valence-electron chi connectivity index (χ2n) is 10.6. The number of halogens is 2. The average Bonchev–Trinajstić information content (AvgIpc) is 2.93. The number of hydrogen-bond acceptors (Lipinski definition) is 5. The van der Waals surface area contributed by atoms with Crippen LogP contribution in [0, 0.1) is 17.6 Å². The molecule has 3 rings (SSSR count). The third-order valence-electron chi connectivity index (χ3n) is 7.10. The first kappa shape index (κ1) is 31.9. The first-order valence-corrected chi connectivity index (χ1v) is 14.3. The summed E-state index contributed by atoms with van der Waals surface area (Å²) in [5.74, 6) is -1.62. The van der Waals surface area contributed by atoms with E-state index in [4.69, 9.17) is 4.74 Å². The molecular formula is C32H41F2N3O4. The van der Waals surface area contributed by atoms with E-state index >= 15 is 0 Å². The summed E-state index contributed by atoms with van der Waals surface area (Å²) >= 11 is 0.